The zero-order valence-electron chi connectivity index (χ0n) is 2.42. The van der Waals surface area contributed by atoms with Gasteiger partial charge in [0.05, 0.1) is 0 Å². The van der Waals surface area contributed by atoms with Crippen LogP contribution in [0.4, 0.5) is 0 Å². The van der Waals surface area contributed by atoms with Crippen molar-refractivity contribution < 1.29 is 15.0 Å². The third-order valence-electron chi connectivity index (χ3n) is 0.121. The molecule has 0 bridgehead atoms. The molecular formula is C2H4NiS2. The molecule has 0 N–H and O–H groups in total. The molecule has 0 spiro atoms. The van der Waals surface area contributed by atoms with Crippen LogP contribution in [0.3, 0.4) is 0 Å². The van der Waals surface area contributed by atoms with Gasteiger partial charge in [-0.05, 0) is 0 Å². The van der Waals surface area contributed by atoms with Gasteiger partial charge in [-0.3, -0.25) is 0 Å². The van der Waals surface area contributed by atoms with Crippen molar-refractivity contribution in [3.8, 4) is 0 Å². The molecule has 0 heterocycles. The fourth-order valence-electron chi connectivity index (χ4n) is 0. The summed E-state index contributed by atoms with van der Waals surface area (Å²) in [5.41, 5.74) is 0. The first kappa shape index (κ1) is 6.06. The molecule has 0 radical (unpaired) electrons. The third-order valence-corrected chi connectivity index (χ3v) is 1.25. The molecule has 34 valence electrons. The molecule has 0 unspecified atom stereocenters. The number of hydrogen-bond acceptors (Lipinski definition) is 2. The average molecular weight is 151 g/mol. The molecule has 0 aromatic carbocycles. The molecule has 0 aliphatic heterocycles. The Morgan fingerprint density at radius 3 is 2.00 bits per heavy atom. The summed E-state index contributed by atoms with van der Waals surface area (Å²) in [7, 11) is 0. The molecule has 3 heteroatoms. The van der Waals surface area contributed by atoms with E-state index in [1.165, 1.54) is 0 Å². The van der Waals surface area contributed by atoms with E-state index in [0.29, 0.717) is 9.58 Å². The van der Waals surface area contributed by atoms with Gasteiger partial charge >= 0.3 is 49.9 Å². The van der Waals surface area contributed by atoms with Crippen LogP contribution in [0.25, 0.3) is 0 Å². The van der Waals surface area contributed by atoms with Crippen LogP contribution >= 0.6 is 25.3 Å². The van der Waals surface area contributed by atoms with Gasteiger partial charge in [-0.1, -0.05) is 0 Å². The van der Waals surface area contributed by atoms with Crippen LogP contribution in [0.1, 0.15) is 0 Å². The minimum absolute atomic E-state index is 0.614. The summed E-state index contributed by atoms with van der Waals surface area (Å²) in [6.07, 6.45) is 0. The van der Waals surface area contributed by atoms with E-state index in [1.54, 1.807) is 0 Å². The Bertz CT molecular complexity index is 42.9. The first-order valence-electron chi connectivity index (χ1n) is 1.05. The zero-order valence-corrected chi connectivity index (χ0v) is 5.19. The zero-order chi connectivity index (χ0) is 4.28. The van der Waals surface area contributed by atoms with Gasteiger partial charge in [-0.15, -0.1) is 0 Å². The second kappa shape index (κ2) is 3.26. The predicted octanol–water partition coefficient (Wildman–Crippen LogP) is 0.523. The first-order chi connectivity index (χ1) is 2.27. The van der Waals surface area contributed by atoms with Crippen molar-refractivity contribution in [3.05, 3.63) is 0 Å². The summed E-state index contributed by atoms with van der Waals surface area (Å²) in [5, 5.41) is 0. The molecule has 0 aromatic heterocycles. The molecule has 0 atom stereocenters. The molecule has 0 aliphatic carbocycles. The van der Waals surface area contributed by atoms with Crippen LogP contribution < -0.4 is 0 Å². The summed E-state index contributed by atoms with van der Waals surface area (Å²) in [5.74, 6) is 0.614. The van der Waals surface area contributed by atoms with Crippen LogP contribution in [-0.4, -0.2) is 9.58 Å². The van der Waals surface area contributed by atoms with Gasteiger partial charge in [0.2, 0.25) is 0 Å². The van der Waals surface area contributed by atoms with Crippen molar-refractivity contribution >= 4 is 29.1 Å². The van der Waals surface area contributed by atoms with Crippen LogP contribution in [0.2, 0.25) is 0 Å². The van der Waals surface area contributed by atoms with E-state index in [-0.39, 0.29) is 0 Å². The van der Waals surface area contributed by atoms with Crippen LogP contribution in [-0.2, 0) is 15.0 Å². The fourth-order valence-corrected chi connectivity index (χ4v) is 0. The van der Waals surface area contributed by atoms with Gasteiger partial charge in [-0.2, -0.15) is 0 Å². The molecule has 0 nitrogen and oxygen atoms in total. The Hall–Kier alpha value is 1.06. The Morgan fingerprint density at radius 1 is 1.80 bits per heavy atom. The van der Waals surface area contributed by atoms with Crippen LogP contribution in [0.15, 0.2) is 0 Å². The number of thiol groups is 2. The molecule has 0 rings (SSSR count). The van der Waals surface area contributed by atoms with Crippen molar-refractivity contribution in [3.63, 3.8) is 0 Å². The van der Waals surface area contributed by atoms with Gasteiger partial charge in [0.25, 0.3) is 0 Å². The van der Waals surface area contributed by atoms with Gasteiger partial charge in [0.1, 0.15) is 0 Å². The Labute approximate surface area is 50.1 Å². The molecule has 0 saturated carbocycles. The third kappa shape index (κ3) is 5.06. The quantitative estimate of drug-likeness (QED) is 0.396. The summed E-state index contributed by atoms with van der Waals surface area (Å²) in [6.45, 7) is 0. The van der Waals surface area contributed by atoms with Crippen molar-refractivity contribution in [2.45, 2.75) is 0 Å². The predicted molar refractivity (Wildman–Crippen MR) is 27.8 cm³/mol. The summed E-state index contributed by atoms with van der Waals surface area (Å²) < 4.78 is 0.688. The monoisotopic (exact) mass is 150 g/mol. The van der Waals surface area contributed by atoms with Crippen molar-refractivity contribution in [2.24, 2.45) is 0 Å². The fraction of sp³-hybridized carbons (Fsp3) is 0.500. The Kier molecular flexibility index (Phi) is 3.95. The number of hydrogen-bond donors (Lipinski definition) is 2. The van der Waals surface area contributed by atoms with Gasteiger partial charge in [0.15, 0.2) is 0 Å². The molecule has 0 aromatic rings. The van der Waals surface area contributed by atoms with Gasteiger partial charge < -0.3 is 0 Å². The first-order valence-corrected chi connectivity index (χ1v) is 2.62. The maximum absolute atomic E-state index is 4.23. The summed E-state index contributed by atoms with van der Waals surface area (Å²) in [6, 6.07) is 0. The normalized spacial score (nSPS) is 8.00. The van der Waals surface area contributed by atoms with E-state index in [4.69, 9.17) is 0 Å². The Balaban J connectivity index is 2.85. The van der Waals surface area contributed by atoms with Crippen LogP contribution in [0.5, 0.6) is 0 Å². The topological polar surface area (TPSA) is 0 Å². The molecule has 0 aliphatic rings. The van der Waals surface area contributed by atoms with E-state index in [1.807, 2.05) is 0 Å². The SMILES string of the molecule is SC[C](S)=[Ni]. The second-order valence-electron chi connectivity index (χ2n) is 0.499. The Morgan fingerprint density at radius 2 is 2.00 bits per heavy atom. The molecular weight excluding hydrogens is 147 g/mol. The molecule has 5 heavy (non-hydrogen) atoms. The van der Waals surface area contributed by atoms with E-state index < -0.39 is 0 Å². The van der Waals surface area contributed by atoms with Gasteiger partial charge in [0, 0.05) is 0 Å². The molecule has 0 saturated heterocycles. The number of rotatable bonds is 1. The van der Waals surface area contributed by atoms with E-state index in [9.17, 15) is 0 Å². The average Bonchev–Trinajstić information content (AvgIpc) is 1.38. The van der Waals surface area contributed by atoms with Crippen molar-refractivity contribution in [1.82, 2.24) is 0 Å². The van der Waals surface area contributed by atoms with E-state index in [2.05, 4.69) is 40.3 Å². The second-order valence-corrected chi connectivity index (χ2v) is 2.28. The molecule has 0 amide bonds. The van der Waals surface area contributed by atoms with Gasteiger partial charge in [-0.25, -0.2) is 0 Å². The standard InChI is InChI=1S/C2H4S2.Ni/c3-1-2-4;/h3-4H,1H2;. The van der Waals surface area contributed by atoms with Crippen molar-refractivity contribution in [1.29, 1.82) is 0 Å². The minimum atomic E-state index is 0.614. The molecule has 0 fully saturated rings. The summed E-state index contributed by atoms with van der Waals surface area (Å²) >= 11 is 11.8. The van der Waals surface area contributed by atoms with Crippen molar-refractivity contribution in [2.75, 3.05) is 5.75 Å². The summed E-state index contributed by atoms with van der Waals surface area (Å²) in [4.78, 5) is 0. The van der Waals surface area contributed by atoms with E-state index in [0.717, 1.165) is 0 Å². The van der Waals surface area contributed by atoms with Crippen LogP contribution in [0, 0.1) is 0 Å². The van der Waals surface area contributed by atoms with E-state index >= 15 is 0 Å². The maximum atomic E-state index is 4.23.